The number of nitrogens with one attached hydrogen (secondary N) is 2. The first kappa shape index (κ1) is 38.1. The van der Waals surface area contributed by atoms with Crippen molar-refractivity contribution in [1.29, 1.82) is 0 Å². The number of halogens is 4. The Morgan fingerprint density at radius 3 is 2.28 bits per heavy atom. The van der Waals surface area contributed by atoms with Crippen molar-refractivity contribution in [3.8, 4) is 0 Å². The highest BCUT2D eigenvalue weighted by molar-refractivity contribution is 9.10. The molecule has 5 heterocycles. The van der Waals surface area contributed by atoms with Gasteiger partial charge in [-0.3, -0.25) is 24.5 Å². The summed E-state index contributed by atoms with van der Waals surface area (Å²) in [4.78, 5) is 55.8. The summed E-state index contributed by atoms with van der Waals surface area (Å²) in [6.45, 7) is 3.84. The van der Waals surface area contributed by atoms with Crippen LogP contribution in [0.15, 0.2) is 57.9 Å². The summed E-state index contributed by atoms with van der Waals surface area (Å²) in [6.07, 6.45) is 1.26. The molecule has 3 amide bonds. The van der Waals surface area contributed by atoms with Crippen LogP contribution < -0.4 is 21.1 Å². The summed E-state index contributed by atoms with van der Waals surface area (Å²) in [5.74, 6) is -1.53. The number of hydrogen-bond donors (Lipinski definition) is 2. The van der Waals surface area contributed by atoms with Crippen LogP contribution in [0.25, 0.3) is 0 Å². The third-order valence-corrected chi connectivity index (χ3v) is 12.7. The van der Waals surface area contributed by atoms with Crippen molar-refractivity contribution in [2.75, 3.05) is 56.5 Å². The third kappa shape index (κ3) is 7.93. The average molecular weight is 813 g/mol. The van der Waals surface area contributed by atoms with E-state index in [1.54, 1.807) is 24.2 Å². The fourth-order valence-corrected chi connectivity index (χ4v) is 9.24. The molecule has 3 atom stereocenters. The molecule has 3 aromatic rings. The zero-order valence-electron chi connectivity index (χ0n) is 30.4. The van der Waals surface area contributed by atoms with Crippen molar-refractivity contribution in [1.82, 2.24) is 24.9 Å². The summed E-state index contributed by atoms with van der Waals surface area (Å²) in [5.41, 5.74) is 1.85. The maximum atomic E-state index is 14.3. The second-order valence-electron chi connectivity index (χ2n) is 15.5. The number of piperidine rings is 4. The molecule has 4 saturated heterocycles. The van der Waals surface area contributed by atoms with E-state index in [1.807, 2.05) is 29.2 Å². The van der Waals surface area contributed by atoms with Crippen LogP contribution in [0.2, 0.25) is 0 Å². The van der Waals surface area contributed by atoms with Crippen molar-refractivity contribution in [2.24, 2.45) is 12.5 Å². The lowest BCUT2D eigenvalue weighted by molar-refractivity contribution is -0.138. The van der Waals surface area contributed by atoms with Crippen molar-refractivity contribution < 1.29 is 27.6 Å². The summed E-state index contributed by atoms with van der Waals surface area (Å²) < 4.78 is 44.7. The van der Waals surface area contributed by atoms with Gasteiger partial charge in [0.05, 0.1) is 23.4 Å². The summed E-state index contributed by atoms with van der Waals surface area (Å²) >= 11 is 3.40. The number of carbonyl (C=O) groups excluding carboxylic acids is 3. The number of imide groups is 1. The van der Waals surface area contributed by atoms with E-state index in [2.05, 4.69) is 43.6 Å². The minimum absolute atomic E-state index is 0.0110. The summed E-state index contributed by atoms with van der Waals surface area (Å²) in [6, 6.07) is 12.1. The molecule has 1 spiro atoms. The first-order valence-corrected chi connectivity index (χ1v) is 19.3. The molecule has 3 unspecified atom stereocenters. The average Bonchev–Trinajstić information content (AvgIpc) is 3.15. The molecule has 2 aromatic carbocycles. The molecule has 15 heteroatoms. The third-order valence-electron chi connectivity index (χ3n) is 11.9. The lowest BCUT2D eigenvalue weighted by atomic mass is 9.71. The molecule has 4 aliphatic heterocycles. The van der Waals surface area contributed by atoms with Crippen LogP contribution in [0, 0.1) is 5.41 Å². The number of carbonyl (C=O) groups is 3. The number of nitrogens with zero attached hydrogens (tertiary/aromatic N) is 5. The highest BCUT2D eigenvalue weighted by Crippen LogP contribution is 2.45. The van der Waals surface area contributed by atoms with Gasteiger partial charge in [0.2, 0.25) is 11.8 Å². The normalized spacial score (nSPS) is 23.7. The Morgan fingerprint density at radius 2 is 1.61 bits per heavy atom. The van der Waals surface area contributed by atoms with Gasteiger partial charge in [-0.05, 0) is 108 Å². The number of alkyl halides is 3. The smallest absolute Gasteiger partial charge is 0.379 e. The molecule has 288 valence electrons. The molecule has 4 aliphatic rings. The van der Waals surface area contributed by atoms with Gasteiger partial charge in [-0.2, -0.15) is 18.3 Å². The van der Waals surface area contributed by atoms with Gasteiger partial charge in [0, 0.05) is 70.0 Å². The first-order valence-electron chi connectivity index (χ1n) is 18.6. The summed E-state index contributed by atoms with van der Waals surface area (Å²) in [7, 11) is 3.69. The Morgan fingerprint density at radius 1 is 0.944 bits per heavy atom. The fraction of sp³-hybridized carbons (Fsp3) is 0.513. The van der Waals surface area contributed by atoms with Gasteiger partial charge < -0.3 is 20.0 Å². The van der Waals surface area contributed by atoms with Crippen molar-refractivity contribution in [2.45, 2.75) is 69.0 Å². The Hall–Kier alpha value is -4.24. The number of aryl methyl sites for hydroxylation is 1. The van der Waals surface area contributed by atoms with Crippen molar-refractivity contribution >= 4 is 45.0 Å². The van der Waals surface area contributed by atoms with Crippen LogP contribution >= 0.6 is 15.9 Å². The van der Waals surface area contributed by atoms with E-state index in [0.717, 1.165) is 56.8 Å². The van der Waals surface area contributed by atoms with E-state index in [9.17, 15) is 32.3 Å². The standard InChI is InChI=1S/C39H45BrF3N7O4/c1-47-22-27(19-28(23-47)45-31-21-44-48(2)37(54)34(31)40)24-3-5-25(6-4-24)36(53)50-17-13-38(14-18-50)11-15-49(16-12-38)32-9-7-26(20-30(32)39(41,42)43)29-8-10-33(51)46-35(29)52/h3-7,9,20-21,27-29,45H,8,10-19,22-23H2,1-2H3,(H,46,51,52). The van der Waals surface area contributed by atoms with E-state index in [-0.39, 0.29) is 52.9 Å². The molecule has 54 heavy (non-hydrogen) atoms. The Kier molecular flexibility index (Phi) is 10.7. The van der Waals surface area contributed by atoms with Crippen LogP contribution in [0.1, 0.15) is 83.8 Å². The highest BCUT2D eigenvalue weighted by Gasteiger charge is 2.42. The maximum absolute atomic E-state index is 14.3. The van der Waals surface area contributed by atoms with E-state index >= 15 is 0 Å². The van der Waals surface area contributed by atoms with Gasteiger partial charge in [0.25, 0.3) is 11.5 Å². The fourth-order valence-electron chi connectivity index (χ4n) is 8.77. The molecule has 0 saturated carbocycles. The van der Waals surface area contributed by atoms with Gasteiger partial charge in [-0.15, -0.1) is 0 Å². The van der Waals surface area contributed by atoms with E-state index in [0.29, 0.717) is 41.9 Å². The minimum atomic E-state index is -4.60. The molecule has 4 fully saturated rings. The van der Waals surface area contributed by atoms with Crippen LogP contribution in [0.3, 0.4) is 0 Å². The predicted molar refractivity (Wildman–Crippen MR) is 201 cm³/mol. The van der Waals surface area contributed by atoms with Crippen LogP contribution in [-0.4, -0.2) is 89.7 Å². The van der Waals surface area contributed by atoms with Gasteiger partial charge in [-0.1, -0.05) is 18.2 Å². The largest absolute Gasteiger partial charge is 0.418 e. The highest BCUT2D eigenvalue weighted by atomic mass is 79.9. The van der Waals surface area contributed by atoms with Gasteiger partial charge in [0.1, 0.15) is 4.47 Å². The molecule has 11 nitrogen and oxygen atoms in total. The Bertz CT molecular complexity index is 1970. The number of hydrogen-bond acceptors (Lipinski definition) is 8. The number of amides is 3. The summed E-state index contributed by atoms with van der Waals surface area (Å²) in [5, 5.41) is 9.86. The number of anilines is 2. The van der Waals surface area contributed by atoms with Crippen molar-refractivity contribution in [3.05, 3.63) is 85.7 Å². The lowest BCUT2D eigenvalue weighted by Gasteiger charge is -2.47. The number of aromatic nitrogens is 2. The second-order valence-corrected chi connectivity index (χ2v) is 16.3. The second kappa shape index (κ2) is 15.1. The molecule has 0 radical (unpaired) electrons. The molecular weight excluding hydrogens is 767 g/mol. The predicted octanol–water partition coefficient (Wildman–Crippen LogP) is 5.50. The number of rotatable bonds is 6. The van der Waals surface area contributed by atoms with Crippen LogP contribution in [0.4, 0.5) is 24.5 Å². The van der Waals surface area contributed by atoms with Gasteiger partial charge in [0.15, 0.2) is 0 Å². The van der Waals surface area contributed by atoms with E-state index in [1.165, 1.54) is 10.7 Å². The van der Waals surface area contributed by atoms with E-state index < -0.39 is 29.5 Å². The zero-order valence-corrected chi connectivity index (χ0v) is 32.0. The number of benzene rings is 2. The molecule has 0 aliphatic carbocycles. The molecule has 2 N–H and O–H groups in total. The van der Waals surface area contributed by atoms with Crippen molar-refractivity contribution in [3.63, 3.8) is 0 Å². The molecular formula is C39H45BrF3N7O4. The lowest BCUT2D eigenvalue weighted by Crippen LogP contribution is -2.48. The van der Waals surface area contributed by atoms with E-state index in [4.69, 9.17) is 0 Å². The van der Waals surface area contributed by atoms with Gasteiger partial charge in [-0.25, -0.2) is 4.68 Å². The van der Waals surface area contributed by atoms with Crippen LogP contribution in [0.5, 0.6) is 0 Å². The number of likely N-dealkylation sites (tertiary alicyclic amines) is 2. The molecule has 1 aromatic heterocycles. The SMILES string of the molecule is CN1CC(Nc2cnn(C)c(=O)c2Br)CC(c2ccc(C(=O)N3CCC4(CC3)CCN(c3ccc(C5CCC(=O)NC5=O)cc3C(F)(F)F)CC4)cc2)C1. The Balaban J connectivity index is 0.940. The quantitative estimate of drug-likeness (QED) is 0.314. The topological polar surface area (TPSA) is 120 Å². The molecule has 0 bridgehead atoms. The zero-order chi connectivity index (χ0) is 38.4. The van der Waals surface area contributed by atoms with Crippen LogP contribution in [-0.2, 0) is 22.8 Å². The monoisotopic (exact) mass is 811 g/mol. The number of likely N-dealkylation sites (N-methyl/N-ethyl adjacent to an activating group) is 1. The Labute approximate surface area is 320 Å². The first-order chi connectivity index (χ1) is 25.7. The maximum Gasteiger partial charge on any atom is 0.418 e. The molecule has 7 rings (SSSR count). The minimum Gasteiger partial charge on any atom is -0.379 e. The van der Waals surface area contributed by atoms with Gasteiger partial charge >= 0.3 is 6.18 Å².